The molecule has 6 nitrogen and oxygen atoms in total. The van der Waals surface area contributed by atoms with Gasteiger partial charge in [-0.05, 0) is 49.1 Å². The van der Waals surface area contributed by atoms with Crippen LogP contribution in [-0.4, -0.2) is 22.3 Å². The molecule has 0 fully saturated rings. The summed E-state index contributed by atoms with van der Waals surface area (Å²) in [6, 6.07) is 12.1. The zero-order chi connectivity index (χ0) is 18.5. The van der Waals surface area contributed by atoms with Gasteiger partial charge in [0.05, 0.1) is 19.0 Å². The molecule has 0 unspecified atom stereocenters. The first-order chi connectivity index (χ1) is 12.6. The number of nitrogens with zero attached hydrogens (tertiary/aromatic N) is 3. The van der Waals surface area contributed by atoms with Gasteiger partial charge in [-0.3, -0.25) is 0 Å². The van der Waals surface area contributed by atoms with Crippen LogP contribution in [0.2, 0.25) is 0 Å². The molecule has 0 amide bonds. The molecule has 0 aliphatic heterocycles. The summed E-state index contributed by atoms with van der Waals surface area (Å²) in [6.07, 6.45) is 2.55. The molecular formula is C20H23N5O. The molecule has 0 radical (unpaired) electrons. The van der Waals surface area contributed by atoms with Crippen LogP contribution in [0.1, 0.15) is 23.6 Å². The molecule has 0 aliphatic carbocycles. The predicted octanol–water partition coefficient (Wildman–Crippen LogP) is 4.55. The van der Waals surface area contributed by atoms with Crippen LogP contribution in [0.4, 0.5) is 23.1 Å². The number of nitrogens with one attached hydrogen (secondary N) is 2. The third kappa shape index (κ3) is 3.91. The lowest BCUT2D eigenvalue weighted by Crippen LogP contribution is -2.05. The van der Waals surface area contributed by atoms with Gasteiger partial charge >= 0.3 is 0 Å². The van der Waals surface area contributed by atoms with E-state index in [1.807, 2.05) is 25.1 Å². The highest BCUT2D eigenvalue weighted by Crippen LogP contribution is 2.28. The molecule has 0 spiro atoms. The average molecular weight is 349 g/mol. The summed E-state index contributed by atoms with van der Waals surface area (Å²) >= 11 is 0. The van der Waals surface area contributed by atoms with Crippen LogP contribution in [0, 0.1) is 13.8 Å². The number of benzene rings is 2. The van der Waals surface area contributed by atoms with Crippen molar-refractivity contribution in [3.05, 3.63) is 59.3 Å². The molecule has 0 atom stereocenters. The Morgan fingerprint density at radius 1 is 1.08 bits per heavy atom. The molecule has 0 bridgehead atoms. The number of ether oxygens (including phenoxy) is 1. The first kappa shape index (κ1) is 17.7. The summed E-state index contributed by atoms with van der Waals surface area (Å²) in [6.45, 7) is 6.23. The van der Waals surface area contributed by atoms with E-state index in [1.165, 1.54) is 5.56 Å². The number of para-hydroxylation sites is 1. The smallest absolute Gasteiger partial charge is 0.249 e. The Balaban J connectivity index is 1.87. The minimum atomic E-state index is 0.408. The van der Waals surface area contributed by atoms with Gasteiger partial charge in [-0.25, -0.2) is 0 Å². The van der Waals surface area contributed by atoms with Crippen LogP contribution < -0.4 is 15.4 Å². The van der Waals surface area contributed by atoms with Crippen LogP contribution in [0.5, 0.6) is 5.75 Å². The van der Waals surface area contributed by atoms with Gasteiger partial charge in [0.1, 0.15) is 5.75 Å². The molecule has 1 heterocycles. The SMILES string of the molecule is CCc1cccc(C)c1Nc1cnnc(Nc2cc(C)ccc2OC)n1. The Morgan fingerprint density at radius 3 is 2.69 bits per heavy atom. The van der Waals surface area contributed by atoms with E-state index in [2.05, 4.69) is 57.9 Å². The van der Waals surface area contributed by atoms with Crippen molar-refractivity contribution in [1.29, 1.82) is 0 Å². The van der Waals surface area contributed by atoms with Crippen molar-refractivity contribution in [1.82, 2.24) is 15.2 Å². The fourth-order valence-corrected chi connectivity index (χ4v) is 2.79. The molecule has 134 valence electrons. The third-order valence-corrected chi connectivity index (χ3v) is 4.15. The number of aryl methyl sites for hydroxylation is 3. The van der Waals surface area contributed by atoms with Crippen LogP contribution in [0.15, 0.2) is 42.6 Å². The largest absolute Gasteiger partial charge is 0.495 e. The van der Waals surface area contributed by atoms with Crippen LogP contribution in [0.3, 0.4) is 0 Å². The van der Waals surface area contributed by atoms with Crippen molar-refractivity contribution >= 4 is 23.1 Å². The molecule has 3 rings (SSSR count). The van der Waals surface area contributed by atoms with Crippen molar-refractivity contribution in [3.8, 4) is 5.75 Å². The van der Waals surface area contributed by atoms with Crippen LogP contribution in [0.25, 0.3) is 0 Å². The Bertz CT molecular complexity index is 910. The van der Waals surface area contributed by atoms with Gasteiger partial charge in [-0.2, -0.15) is 10.1 Å². The van der Waals surface area contributed by atoms with E-state index in [9.17, 15) is 0 Å². The second-order valence-electron chi connectivity index (χ2n) is 6.08. The number of methoxy groups -OCH3 is 1. The minimum Gasteiger partial charge on any atom is -0.495 e. The van der Waals surface area contributed by atoms with E-state index in [-0.39, 0.29) is 0 Å². The highest BCUT2D eigenvalue weighted by molar-refractivity contribution is 5.67. The predicted molar refractivity (Wildman–Crippen MR) is 105 cm³/mol. The summed E-state index contributed by atoms with van der Waals surface area (Å²) in [4.78, 5) is 4.53. The number of hydrogen-bond donors (Lipinski definition) is 2. The molecule has 0 aliphatic rings. The van der Waals surface area contributed by atoms with E-state index in [1.54, 1.807) is 13.3 Å². The highest BCUT2D eigenvalue weighted by Gasteiger charge is 2.09. The van der Waals surface area contributed by atoms with E-state index in [0.717, 1.165) is 34.7 Å². The van der Waals surface area contributed by atoms with Gasteiger partial charge in [0, 0.05) is 5.69 Å². The van der Waals surface area contributed by atoms with Gasteiger partial charge in [-0.1, -0.05) is 31.2 Å². The van der Waals surface area contributed by atoms with Crippen molar-refractivity contribution in [3.63, 3.8) is 0 Å². The molecule has 26 heavy (non-hydrogen) atoms. The standard InChI is InChI=1S/C20H23N5O/c1-5-15-8-6-7-14(3)19(15)23-18-12-21-25-20(24-18)22-16-11-13(2)9-10-17(16)26-4/h6-12H,5H2,1-4H3,(H2,22,23,24,25). The number of hydrogen-bond acceptors (Lipinski definition) is 6. The molecule has 3 aromatic rings. The normalized spacial score (nSPS) is 10.5. The van der Waals surface area contributed by atoms with Gasteiger partial charge in [0.15, 0.2) is 5.82 Å². The van der Waals surface area contributed by atoms with Crippen molar-refractivity contribution < 1.29 is 4.74 Å². The molecule has 6 heteroatoms. The summed E-state index contributed by atoms with van der Waals surface area (Å²) in [5.74, 6) is 1.77. The minimum absolute atomic E-state index is 0.408. The summed E-state index contributed by atoms with van der Waals surface area (Å²) in [7, 11) is 1.64. The summed E-state index contributed by atoms with van der Waals surface area (Å²) in [5.41, 5.74) is 5.38. The van der Waals surface area contributed by atoms with Crippen LogP contribution >= 0.6 is 0 Å². The molecule has 0 saturated carbocycles. The zero-order valence-corrected chi connectivity index (χ0v) is 15.5. The fourth-order valence-electron chi connectivity index (χ4n) is 2.79. The molecule has 1 aromatic heterocycles. The summed E-state index contributed by atoms with van der Waals surface area (Å²) in [5, 5.41) is 14.7. The lowest BCUT2D eigenvalue weighted by Gasteiger charge is -2.14. The van der Waals surface area contributed by atoms with Gasteiger partial charge in [0.2, 0.25) is 5.95 Å². The number of aromatic nitrogens is 3. The van der Waals surface area contributed by atoms with E-state index < -0.39 is 0 Å². The number of anilines is 4. The van der Waals surface area contributed by atoms with Gasteiger partial charge in [-0.15, -0.1) is 5.10 Å². The maximum absolute atomic E-state index is 5.39. The first-order valence-corrected chi connectivity index (χ1v) is 8.57. The highest BCUT2D eigenvalue weighted by atomic mass is 16.5. The molecule has 2 aromatic carbocycles. The monoisotopic (exact) mass is 349 g/mol. The fraction of sp³-hybridized carbons (Fsp3) is 0.250. The molecular weight excluding hydrogens is 326 g/mol. The second-order valence-corrected chi connectivity index (χ2v) is 6.08. The Morgan fingerprint density at radius 2 is 1.92 bits per heavy atom. The Hall–Kier alpha value is -3.15. The lowest BCUT2D eigenvalue weighted by atomic mass is 10.1. The molecule has 0 saturated heterocycles. The Labute approximate surface area is 153 Å². The summed E-state index contributed by atoms with van der Waals surface area (Å²) < 4.78 is 5.39. The third-order valence-electron chi connectivity index (χ3n) is 4.15. The van der Waals surface area contributed by atoms with Gasteiger partial charge in [0.25, 0.3) is 0 Å². The van der Waals surface area contributed by atoms with Gasteiger partial charge < -0.3 is 15.4 Å². The zero-order valence-electron chi connectivity index (χ0n) is 15.5. The van der Waals surface area contributed by atoms with Crippen molar-refractivity contribution in [2.24, 2.45) is 0 Å². The second kappa shape index (κ2) is 7.82. The van der Waals surface area contributed by atoms with E-state index in [4.69, 9.17) is 4.74 Å². The van der Waals surface area contributed by atoms with E-state index in [0.29, 0.717) is 11.8 Å². The topological polar surface area (TPSA) is 72.0 Å². The maximum Gasteiger partial charge on any atom is 0.249 e. The van der Waals surface area contributed by atoms with Crippen molar-refractivity contribution in [2.45, 2.75) is 27.2 Å². The Kier molecular flexibility index (Phi) is 5.31. The maximum atomic E-state index is 5.39. The van der Waals surface area contributed by atoms with Crippen LogP contribution in [-0.2, 0) is 6.42 Å². The first-order valence-electron chi connectivity index (χ1n) is 8.57. The average Bonchev–Trinajstić information content (AvgIpc) is 2.64. The number of rotatable bonds is 6. The van der Waals surface area contributed by atoms with E-state index >= 15 is 0 Å². The lowest BCUT2D eigenvalue weighted by molar-refractivity contribution is 0.416. The quantitative estimate of drug-likeness (QED) is 0.680. The van der Waals surface area contributed by atoms with Crippen molar-refractivity contribution in [2.75, 3.05) is 17.7 Å². The molecule has 2 N–H and O–H groups in total.